The molecule has 0 spiro atoms. The van der Waals surface area contributed by atoms with Crippen molar-refractivity contribution in [3.05, 3.63) is 38.7 Å². The van der Waals surface area contributed by atoms with Gasteiger partial charge in [-0.3, -0.25) is 18.7 Å². The van der Waals surface area contributed by atoms with Gasteiger partial charge in [0.25, 0.3) is 11.5 Å². The summed E-state index contributed by atoms with van der Waals surface area (Å²) in [5.74, 6) is 0.998. The van der Waals surface area contributed by atoms with Gasteiger partial charge in [0.2, 0.25) is 0 Å². The first-order valence-electron chi connectivity index (χ1n) is 9.15. The Morgan fingerprint density at radius 1 is 1.23 bits per heavy atom. The highest BCUT2D eigenvalue weighted by Gasteiger charge is 2.26. The molecule has 0 saturated carbocycles. The Kier molecular flexibility index (Phi) is 4.98. The van der Waals surface area contributed by atoms with Gasteiger partial charge in [0, 0.05) is 27.2 Å². The van der Waals surface area contributed by atoms with Gasteiger partial charge < -0.3 is 4.90 Å². The zero-order chi connectivity index (χ0) is 19.0. The van der Waals surface area contributed by atoms with Crippen LogP contribution in [-0.4, -0.2) is 38.0 Å². The van der Waals surface area contributed by atoms with Crippen LogP contribution in [0, 0.1) is 11.8 Å². The lowest BCUT2D eigenvalue weighted by molar-refractivity contribution is 0.0654. The molecule has 1 saturated heterocycles. The summed E-state index contributed by atoms with van der Waals surface area (Å²) in [7, 11) is 3.00. The van der Waals surface area contributed by atoms with Crippen LogP contribution in [-0.2, 0) is 14.1 Å². The Labute approximate surface area is 152 Å². The van der Waals surface area contributed by atoms with Crippen LogP contribution >= 0.6 is 0 Å². The van der Waals surface area contributed by atoms with Crippen molar-refractivity contribution in [3.63, 3.8) is 0 Å². The van der Waals surface area contributed by atoms with Crippen molar-refractivity contribution in [2.75, 3.05) is 13.1 Å². The number of likely N-dealkylation sites (tertiary alicyclic amines) is 1. The molecule has 1 aliphatic heterocycles. The standard InChI is InChI=1S/C19H26N4O3/c1-12(2)10-13-6-5-9-23(11-13)18(25)15-8-7-14-16(20-15)21(3)19(26)22(4)17(14)24/h7-8,12-13H,5-6,9-11H2,1-4H3/t13-/m0/s1. The number of fused-ring (bicyclic) bond motifs is 1. The Hall–Kier alpha value is -2.44. The van der Waals surface area contributed by atoms with Gasteiger partial charge in [-0.1, -0.05) is 13.8 Å². The van der Waals surface area contributed by atoms with Crippen LogP contribution in [0.5, 0.6) is 0 Å². The van der Waals surface area contributed by atoms with Crippen LogP contribution in [0.2, 0.25) is 0 Å². The molecule has 0 aliphatic carbocycles. The van der Waals surface area contributed by atoms with E-state index in [0.717, 1.165) is 36.9 Å². The van der Waals surface area contributed by atoms with Crippen molar-refractivity contribution < 1.29 is 4.79 Å². The number of piperidine rings is 1. The quantitative estimate of drug-likeness (QED) is 0.834. The molecule has 26 heavy (non-hydrogen) atoms. The van der Waals surface area contributed by atoms with E-state index in [9.17, 15) is 14.4 Å². The van der Waals surface area contributed by atoms with Crippen LogP contribution in [0.15, 0.2) is 21.7 Å². The number of amides is 1. The fraction of sp³-hybridized carbons (Fsp3) is 0.579. The van der Waals surface area contributed by atoms with E-state index in [1.807, 2.05) is 4.90 Å². The van der Waals surface area contributed by atoms with Gasteiger partial charge in [-0.05, 0) is 43.2 Å². The normalized spacial score (nSPS) is 17.9. The second-order valence-electron chi connectivity index (χ2n) is 7.66. The summed E-state index contributed by atoms with van der Waals surface area (Å²) in [4.78, 5) is 43.5. The molecule has 140 valence electrons. The molecule has 0 aromatic carbocycles. The lowest BCUT2D eigenvalue weighted by Gasteiger charge is -2.33. The zero-order valence-electron chi connectivity index (χ0n) is 15.9. The maximum atomic E-state index is 12.9. The highest BCUT2D eigenvalue weighted by molar-refractivity contribution is 5.94. The monoisotopic (exact) mass is 358 g/mol. The van der Waals surface area contributed by atoms with Crippen molar-refractivity contribution in [2.24, 2.45) is 25.9 Å². The molecule has 7 heteroatoms. The molecular weight excluding hydrogens is 332 g/mol. The summed E-state index contributed by atoms with van der Waals surface area (Å²) in [5, 5.41) is 0.336. The number of carbonyl (C=O) groups excluding carboxylic acids is 1. The summed E-state index contributed by atoms with van der Waals surface area (Å²) in [6, 6.07) is 3.18. The first kappa shape index (κ1) is 18.4. The average molecular weight is 358 g/mol. The first-order chi connectivity index (χ1) is 12.3. The fourth-order valence-corrected chi connectivity index (χ4v) is 3.84. The van der Waals surface area contributed by atoms with E-state index in [2.05, 4.69) is 18.8 Å². The SMILES string of the molecule is CC(C)C[C@@H]1CCCN(C(=O)c2ccc3c(=O)n(C)c(=O)n(C)c3n2)C1. The number of hydrogen-bond acceptors (Lipinski definition) is 4. The summed E-state index contributed by atoms with van der Waals surface area (Å²) in [6.45, 7) is 5.87. The van der Waals surface area contributed by atoms with Crippen molar-refractivity contribution in [1.29, 1.82) is 0 Å². The lowest BCUT2D eigenvalue weighted by atomic mass is 9.89. The van der Waals surface area contributed by atoms with E-state index in [-0.39, 0.29) is 17.2 Å². The third-order valence-electron chi connectivity index (χ3n) is 5.13. The van der Waals surface area contributed by atoms with E-state index in [1.54, 1.807) is 19.2 Å². The van der Waals surface area contributed by atoms with Crippen molar-refractivity contribution in [2.45, 2.75) is 33.1 Å². The molecule has 0 N–H and O–H groups in total. The number of aryl methyl sites for hydroxylation is 1. The summed E-state index contributed by atoms with van der Waals surface area (Å²) < 4.78 is 2.36. The third-order valence-corrected chi connectivity index (χ3v) is 5.13. The molecule has 1 atom stereocenters. The van der Waals surface area contributed by atoms with E-state index >= 15 is 0 Å². The Bertz CT molecular complexity index is 958. The van der Waals surface area contributed by atoms with E-state index in [4.69, 9.17) is 0 Å². The van der Waals surface area contributed by atoms with Crippen molar-refractivity contribution in [3.8, 4) is 0 Å². The van der Waals surface area contributed by atoms with Crippen LogP contribution in [0.4, 0.5) is 0 Å². The number of nitrogens with zero attached hydrogens (tertiary/aromatic N) is 4. The van der Waals surface area contributed by atoms with E-state index in [1.165, 1.54) is 11.6 Å². The van der Waals surface area contributed by atoms with E-state index in [0.29, 0.717) is 17.2 Å². The third kappa shape index (κ3) is 3.30. The summed E-state index contributed by atoms with van der Waals surface area (Å²) in [6.07, 6.45) is 3.26. The minimum atomic E-state index is -0.449. The molecule has 0 unspecified atom stereocenters. The summed E-state index contributed by atoms with van der Waals surface area (Å²) >= 11 is 0. The molecule has 1 aliphatic rings. The van der Waals surface area contributed by atoms with Gasteiger partial charge in [-0.15, -0.1) is 0 Å². The number of pyridine rings is 1. The van der Waals surface area contributed by atoms with Crippen molar-refractivity contribution in [1.82, 2.24) is 19.0 Å². The van der Waals surface area contributed by atoms with Gasteiger partial charge in [0.05, 0.1) is 5.39 Å². The van der Waals surface area contributed by atoms with Crippen LogP contribution in [0.3, 0.4) is 0 Å². The molecular formula is C19H26N4O3. The smallest absolute Gasteiger partial charge is 0.332 e. The number of rotatable bonds is 3. The molecule has 2 aromatic rings. The average Bonchev–Trinajstić information content (AvgIpc) is 2.63. The van der Waals surface area contributed by atoms with Crippen LogP contribution in [0.1, 0.15) is 43.6 Å². The molecule has 1 fully saturated rings. The molecule has 1 amide bonds. The van der Waals surface area contributed by atoms with Crippen LogP contribution in [0.25, 0.3) is 11.0 Å². The topological polar surface area (TPSA) is 77.2 Å². The molecule has 3 heterocycles. The van der Waals surface area contributed by atoms with Gasteiger partial charge in [-0.25, -0.2) is 9.78 Å². The number of hydrogen-bond donors (Lipinski definition) is 0. The highest BCUT2D eigenvalue weighted by Crippen LogP contribution is 2.24. The fourth-order valence-electron chi connectivity index (χ4n) is 3.84. The molecule has 0 radical (unpaired) electrons. The minimum Gasteiger partial charge on any atom is -0.337 e. The first-order valence-corrected chi connectivity index (χ1v) is 9.15. The zero-order valence-corrected chi connectivity index (χ0v) is 15.9. The number of aromatic nitrogens is 3. The largest absolute Gasteiger partial charge is 0.337 e. The molecule has 0 bridgehead atoms. The second kappa shape index (κ2) is 7.05. The van der Waals surface area contributed by atoms with Gasteiger partial charge in [-0.2, -0.15) is 0 Å². The Morgan fingerprint density at radius 2 is 1.96 bits per heavy atom. The van der Waals surface area contributed by atoms with E-state index < -0.39 is 11.2 Å². The highest BCUT2D eigenvalue weighted by atomic mass is 16.2. The van der Waals surface area contributed by atoms with Gasteiger partial charge >= 0.3 is 5.69 Å². The molecule has 2 aromatic heterocycles. The second-order valence-corrected chi connectivity index (χ2v) is 7.66. The summed E-state index contributed by atoms with van der Waals surface area (Å²) in [5.41, 5.74) is -0.315. The predicted molar refractivity (Wildman–Crippen MR) is 100 cm³/mol. The van der Waals surface area contributed by atoms with Crippen molar-refractivity contribution >= 4 is 16.9 Å². The minimum absolute atomic E-state index is 0.131. The molecule has 7 nitrogen and oxygen atoms in total. The van der Waals surface area contributed by atoms with Gasteiger partial charge in [0.1, 0.15) is 11.3 Å². The number of carbonyl (C=O) groups is 1. The Morgan fingerprint density at radius 3 is 2.65 bits per heavy atom. The molecule has 3 rings (SSSR count). The predicted octanol–water partition coefficient (Wildman–Crippen LogP) is 1.53. The maximum absolute atomic E-state index is 12.9. The lowest BCUT2D eigenvalue weighted by Crippen LogP contribution is -2.41. The Balaban J connectivity index is 1.94. The van der Waals surface area contributed by atoms with Crippen LogP contribution < -0.4 is 11.2 Å². The van der Waals surface area contributed by atoms with Gasteiger partial charge in [0.15, 0.2) is 0 Å². The maximum Gasteiger partial charge on any atom is 0.332 e.